The third-order valence-electron chi connectivity index (χ3n) is 3.82. The summed E-state index contributed by atoms with van der Waals surface area (Å²) in [7, 11) is 0. The normalized spacial score (nSPS) is 22.1. The van der Waals surface area contributed by atoms with E-state index < -0.39 is 5.91 Å². The first-order valence-electron chi connectivity index (χ1n) is 6.89. The second-order valence-corrected chi connectivity index (χ2v) is 5.34. The van der Waals surface area contributed by atoms with Gasteiger partial charge in [-0.25, -0.2) is 0 Å². The molecule has 2 rings (SSSR count). The molecule has 1 fully saturated rings. The molecule has 1 aromatic rings. The second kappa shape index (κ2) is 6.17. The van der Waals surface area contributed by atoms with Crippen molar-refractivity contribution in [2.45, 2.75) is 44.9 Å². The summed E-state index contributed by atoms with van der Waals surface area (Å²) in [5.74, 6) is -0.396. The standard InChI is InChI=1S/C15H22N2O2/c1-11(18)14-7-2-3-8-17(14)10-12-5-4-6-13(9-12)15(16)19/h4-6,9,11,14,18H,2-3,7-8,10H2,1H3,(H2,16,19). The first-order valence-corrected chi connectivity index (χ1v) is 6.89. The molecule has 1 amide bonds. The van der Waals surface area contributed by atoms with E-state index in [1.807, 2.05) is 25.1 Å². The van der Waals surface area contributed by atoms with Crippen molar-refractivity contribution in [1.29, 1.82) is 0 Å². The van der Waals surface area contributed by atoms with Crippen LogP contribution in [0.5, 0.6) is 0 Å². The van der Waals surface area contributed by atoms with Crippen LogP contribution in [0, 0.1) is 0 Å². The zero-order valence-corrected chi connectivity index (χ0v) is 11.4. The van der Waals surface area contributed by atoms with Gasteiger partial charge in [-0.2, -0.15) is 0 Å². The van der Waals surface area contributed by atoms with Gasteiger partial charge in [-0.15, -0.1) is 0 Å². The summed E-state index contributed by atoms with van der Waals surface area (Å²) in [4.78, 5) is 13.5. The first-order chi connectivity index (χ1) is 9.08. The number of amides is 1. The Morgan fingerprint density at radius 2 is 2.32 bits per heavy atom. The highest BCUT2D eigenvalue weighted by Gasteiger charge is 2.26. The van der Waals surface area contributed by atoms with Crippen LogP contribution in [0.4, 0.5) is 0 Å². The molecule has 1 aliphatic rings. The molecule has 104 valence electrons. The third kappa shape index (κ3) is 3.55. The zero-order chi connectivity index (χ0) is 13.8. The van der Waals surface area contributed by atoms with Gasteiger partial charge in [0.15, 0.2) is 0 Å². The summed E-state index contributed by atoms with van der Waals surface area (Å²) >= 11 is 0. The van der Waals surface area contributed by atoms with Crippen LogP contribution in [0.25, 0.3) is 0 Å². The maximum atomic E-state index is 11.2. The van der Waals surface area contributed by atoms with Gasteiger partial charge in [0.25, 0.3) is 0 Å². The average Bonchev–Trinajstić information content (AvgIpc) is 2.39. The van der Waals surface area contributed by atoms with Gasteiger partial charge in [0, 0.05) is 18.2 Å². The van der Waals surface area contributed by atoms with Gasteiger partial charge in [0.2, 0.25) is 5.91 Å². The molecule has 3 N–H and O–H groups in total. The molecular formula is C15H22N2O2. The number of benzene rings is 1. The number of piperidine rings is 1. The van der Waals surface area contributed by atoms with Gasteiger partial charge in [-0.3, -0.25) is 9.69 Å². The highest BCUT2D eigenvalue weighted by atomic mass is 16.3. The molecule has 1 aromatic carbocycles. The minimum absolute atomic E-state index is 0.214. The van der Waals surface area contributed by atoms with E-state index in [0.29, 0.717) is 5.56 Å². The maximum Gasteiger partial charge on any atom is 0.248 e. The molecule has 1 heterocycles. The molecule has 4 heteroatoms. The summed E-state index contributed by atoms with van der Waals surface area (Å²) in [5.41, 5.74) is 6.92. The Bertz CT molecular complexity index is 446. The number of nitrogens with zero attached hydrogens (tertiary/aromatic N) is 1. The molecule has 19 heavy (non-hydrogen) atoms. The Kier molecular flexibility index (Phi) is 4.56. The maximum absolute atomic E-state index is 11.2. The van der Waals surface area contributed by atoms with E-state index in [0.717, 1.165) is 25.1 Å². The number of aliphatic hydroxyl groups excluding tert-OH is 1. The van der Waals surface area contributed by atoms with Crippen LogP contribution in [0.3, 0.4) is 0 Å². The van der Waals surface area contributed by atoms with Crippen LogP contribution in [-0.4, -0.2) is 34.6 Å². The largest absolute Gasteiger partial charge is 0.392 e. The van der Waals surface area contributed by atoms with Crippen LogP contribution < -0.4 is 5.73 Å². The number of carbonyl (C=O) groups excluding carboxylic acids is 1. The monoisotopic (exact) mass is 262 g/mol. The molecule has 1 saturated heterocycles. The van der Waals surface area contributed by atoms with Gasteiger partial charge in [0.05, 0.1) is 6.10 Å². The number of primary amides is 1. The summed E-state index contributed by atoms with van der Waals surface area (Å²) in [6.07, 6.45) is 3.05. The van der Waals surface area contributed by atoms with E-state index in [1.54, 1.807) is 6.07 Å². The Morgan fingerprint density at radius 1 is 1.53 bits per heavy atom. The fourth-order valence-electron chi connectivity index (χ4n) is 2.82. The summed E-state index contributed by atoms with van der Waals surface area (Å²) in [6.45, 7) is 3.61. The van der Waals surface area contributed by atoms with Crippen LogP contribution in [0.15, 0.2) is 24.3 Å². The third-order valence-corrected chi connectivity index (χ3v) is 3.82. The fraction of sp³-hybridized carbons (Fsp3) is 0.533. The molecule has 0 bridgehead atoms. The van der Waals surface area contributed by atoms with E-state index in [4.69, 9.17) is 5.73 Å². The Labute approximate surface area is 114 Å². The second-order valence-electron chi connectivity index (χ2n) is 5.34. The molecule has 0 aliphatic carbocycles. The zero-order valence-electron chi connectivity index (χ0n) is 11.4. The fourth-order valence-corrected chi connectivity index (χ4v) is 2.82. The van der Waals surface area contributed by atoms with E-state index >= 15 is 0 Å². The van der Waals surface area contributed by atoms with Crippen molar-refractivity contribution in [2.75, 3.05) is 6.54 Å². The number of rotatable bonds is 4. The number of likely N-dealkylation sites (tertiary alicyclic amines) is 1. The van der Waals surface area contributed by atoms with Gasteiger partial charge in [0.1, 0.15) is 0 Å². The number of hydrogen-bond acceptors (Lipinski definition) is 3. The average molecular weight is 262 g/mol. The quantitative estimate of drug-likeness (QED) is 0.864. The van der Waals surface area contributed by atoms with Gasteiger partial charge in [-0.05, 0) is 44.0 Å². The van der Waals surface area contributed by atoms with Crippen molar-refractivity contribution < 1.29 is 9.90 Å². The van der Waals surface area contributed by atoms with Crippen molar-refractivity contribution in [3.63, 3.8) is 0 Å². The molecule has 0 aromatic heterocycles. The molecule has 1 aliphatic heterocycles. The summed E-state index contributed by atoms with van der Waals surface area (Å²) < 4.78 is 0. The lowest BCUT2D eigenvalue weighted by molar-refractivity contribution is 0.0316. The Morgan fingerprint density at radius 3 is 3.00 bits per heavy atom. The van der Waals surface area contributed by atoms with Crippen molar-refractivity contribution in [1.82, 2.24) is 4.90 Å². The van der Waals surface area contributed by atoms with Crippen LogP contribution in [-0.2, 0) is 6.54 Å². The number of nitrogens with two attached hydrogens (primary N) is 1. The Balaban J connectivity index is 2.10. The van der Waals surface area contributed by atoms with Crippen molar-refractivity contribution in [2.24, 2.45) is 5.73 Å². The molecule has 2 unspecified atom stereocenters. The van der Waals surface area contributed by atoms with E-state index in [9.17, 15) is 9.90 Å². The predicted molar refractivity (Wildman–Crippen MR) is 74.7 cm³/mol. The number of hydrogen-bond donors (Lipinski definition) is 2. The molecule has 4 nitrogen and oxygen atoms in total. The van der Waals surface area contributed by atoms with Crippen molar-refractivity contribution >= 4 is 5.91 Å². The molecule has 0 saturated carbocycles. The summed E-state index contributed by atoms with van der Waals surface area (Å²) in [5, 5.41) is 9.85. The number of carbonyl (C=O) groups is 1. The highest BCUT2D eigenvalue weighted by Crippen LogP contribution is 2.22. The first kappa shape index (κ1) is 14.0. The minimum atomic E-state index is -0.396. The van der Waals surface area contributed by atoms with Gasteiger partial charge >= 0.3 is 0 Å². The van der Waals surface area contributed by atoms with Crippen molar-refractivity contribution in [3.05, 3.63) is 35.4 Å². The van der Waals surface area contributed by atoms with E-state index in [1.165, 1.54) is 12.8 Å². The molecule has 2 atom stereocenters. The minimum Gasteiger partial charge on any atom is -0.392 e. The highest BCUT2D eigenvalue weighted by molar-refractivity contribution is 5.92. The smallest absolute Gasteiger partial charge is 0.248 e. The van der Waals surface area contributed by atoms with Gasteiger partial charge in [-0.1, -0.05) is 18.6 Å². The van der Waals surface area contributed by atoms with Crippen LogP contribution in [0.1, 0.15) is 42.1 Å². The molecular weight excluding hydrogens is 240 g/mol. The van der Waals surface area contributed by atoms with E-state index in [-0.39, 0.29) is 12.1 Å². The lowest BCUT2D eigenvalue weighted by Gasteiger charge is -2.37. The number of aliphatic hydroxyl groups is 1. The van der Waals surface area contributed by atoms with E-state index in [2.05, 4.69) is 4.90 Å². The van der Waals surface area contributed by atoms with Crippen LogP contribution in [0.2, 0.25) is 0 Å². The van der Waals surface area contributed by atoms with Crippen molar-refractivity contribution in [3.8, 4) is 0 Å². The lowest BCUT2D eigenvalue weighted by Crippen LogP contribution is -2.45. The van der Waals surface area contributed by atoms with Gasteiger partial charge < -0.3 is 10.8 Å². The lowest BCUT2D eigenvalue weighted by atomic mass is 9.97. The topological polar surface area (TPSA) is 66.6 Å². The summed E-state index contributed by atoms with van der Waals surface area (Å²) in [6, 6.07) is 7.65. The molecule has 0 radical (unpaired) electrons. The van der Waals surface area contributed by atoms with Crippen LogP contribution >= 0.6 is 0 Å². The Hall–Kier alpha value is -1.39. The SMILES string of the molecule is CC(O)C1CCCCN1Cc1cccc(C(N)=O)c1. The predicted octanol–water partition coefficient (Wildman–Crippen LogP) is 1.52. The molecule has 0 spiro atoms.